The lowest BCUT2D eigenvalue weighted by atomic mass is 9.78. The molecule has 2 aliphatic heterocycles. The summed E-state index contributed by atoms with van der Waals surface area (Å²) in [7, 11) is 0. The van der Waals surface area contributed by atoms with Gasteiger partial charge in [-0.1, -0.05) is 12.8 Å². The summed E-state index contributed by atoms with van der Waals surface area (Å²) in [5, 5.41) is 3.02. The van der Waals surface area contributed by atoms with Gasteiger partial charge < -0.3 is 14.8 Å². The van der Waals surface area contributed by atoms with Gasteiger partial charge in [0, 0.05) is 42.5 Å². The molecule has 4 fully saturated rings. The number of nitrogens with zero attached hydrogens (tertiary/aromatic N) is 3. The van der Waals surface area contributed by atoms with Crippen LogP contribution in [0, 0.1) is 5.92 Å². The number of pyridine rings is 1. The molecule has 2 unspecified atom stereocenters. The first-order valence-corrected chi connectivity index (χ1v) is 14.0. The summed E-state index contributed by atoms with van der Waals surface area (Å²) in [6.07, 6.45) is 10.1. The fraction of sp³-hybridized carbons (Fsp3) is 0.577. The first-order valence-electron chi connectivity index (χ1n) is 12.8. The van der Waals surface area contributed by atoms with Crippen LogP contribution in [-0.4, -0.2) is 75.6 Å². The van der Waals surface area contributed by atoms with Gasteiger partial charge in [0.15, 0.2) is 10.8 Å². The van der Waals surface area contributed by atoms with E-state index in [9.17, 15) is 14.4 Å². The van der Waals surface area contributed by atoms with Gasteiger partial charge in [0.1, 0.15) is 12.9 Å². The first-order chi connectivity index (χ1) is 17.5. The van der Waals surface area contributed by atoms with Crippen LogP contribution in [0.2, 0.25) is 0 Å². The number of aromatic nitrogens is 2. The highest BCUT2D eigenvalue weighted by atomic mass is 35.5. The van der Waals surface area contributed by atoms with Crippen molar-refractivity contribution in [2.24, 2.45) is 5.92 Å². The molecule has 4 heterocycles. The molecule has 2 aromatic rings. The maximum Gasteiger partial charge on any atom is 0.280 e. The summed E-state index contributed by atoms with van der Waals surface area (Å²) in [6.45, 7) is 0.639. The van der Waals surface area contributed by atoms with Gasteiger partial charge in [0.2, 0.25) is 0 Å². The van der Waals surface area contributed by atoms with Crippen LogP contribution in [0.4, 0.5) is 0 Å². The van der Waals surface area contributed by atoms with E-state index in [2.05, 4.69) is 26.3 Å². The van der Waals surface area contributed by atoms with Crippen molar-refractivity contribution in [2.75, 3.05) is 13.2 Å². The molecular formula is C26H29ClN4O4S. The summed E-state index contributed by atoms with van der Waals surface area (Å²) < 4.78 is 5.66. The number of amides is 1. The zero-order valence-electron chi connectivity index (χ0n) is 19.8. The van der Waals surface area contributed by atoms with Crippen molar-refractivity contribution < 1.29 is 19.1 Å². The minimum Gasteiger partial charge on any atom is -0.367 e. The number of ether oxygens (including phenoxy) is 1. The number of aldehydes is 1. The minimum atomic E-state index is -0.664. The summed E-state index contributed by atoms with van der Waals surface area (Å²) in [4.78, 5) is 49.8. The van der Waals surface area contributed by atoms with Crippen LogP contribution in [0.1, 0.15) is 59.9 Å². The Morgan fingerprint density at radius 2 is 2.08 bits per heavy atom. The fourth-order valence-electron chi connectivity index (χ4n) is 6.12. The van der Waals surface area contributed by atoms with E-state index >= 15 is 0 Å². The molecule has 36 heavy (non-hydrogen) atoms. The molecule has 1 N–H and O–H groups in total. The number of hydrogen-bond acceptors (Lipinski definition) is 8. The average molecular weight is 529 g/mol. The second kappa shape index (κ2) is 9.93. The molecule has 4 aliphatic rings. The molecule has 6 rings (SSSR count). The van der Waals surface area contributed by atoms with Gasteiger partial charge >= 0.3 is 0 Å². The van der Waals surface area contributed by atoms with Crippen LogP contribution in [0.25, 0.3) is 10.4 Å². The number of Topliss-reactive ketones (excluding diaryl/α,β-unsaturated/α-hetero) is 1. The van der Waals surface area contributed by atoms with Crippen LogP contribution >= 0.6 is 22.9 Å². The second-order valence-corrected chi connectivity index (χ2v) is 11.9. The minimum absolute atomic E-state index is 0.0133. The smallest absolute Gasteiger partial charge is 0.280 e. The van der Waals surface area contributed by atoms with Crippen molar-refractivity contribution in [1.82, 2.24) is 20.2 Å². The molecule has 0 aromatic carbocycles. The van der Waals surface area contributed by atoms with E-state index in [0.717, 1.165) is 48.1 Å². The van der Waals surface area contributed by atoms with E-state index in [1.54, 1.807) is 6.20 Å². The van der Waals surface area contributed by atoms with E-state index < -0.39 is 6.04 Å². The number of carbonyl (C=O) groups is 3. The van der Waals surface area contributed by atoms with Gasteiger partial charge in [-0.15, -0.1) is 22.9 Å². The highest BCUT2D eigenvalue weighted by molar-refractivity contribution is 7.17. The number of carbonyl (C=O) groups excluding carboxylic acids is 3. The van der Waals surface area contributed by atoms with Gasteiger partial charge in [0.05, 0.1) is 28.4 Å². The Kier molecular flexibility index (Phi) is 6.66. The number of thiazole rings is 1. The van der Waals surface area contributed by atoms with Crippen LogP contribution in [0.3, 0.4) is 0 Å². The number of fused-ring (bicyclic) bond motifs is 1. The molecule has 0 spiro atoms. The highest BCUT2D eigenvalue weighted by Gasteiger charge is 2.53. The topological polar surface area (TPSA) is 101 Å². The van der Waals surface area contributed by atoms with Gasteiger partial charge in [-0.05, 0) is 43.4 Å². The Bertz CT molecular complexity index is 1170. The maximum absolute atomic E-state index is 13.2. The predicted molar refractivity (Wildman–Crippen MR) is 135 cm³/mol. The molecule has 6 atom stereocenters. The Labute approximate surface area is 218 Å². The zero-order chi connectivity index (χ0) is 24.8. The molecule has 190 valence electrons. The summed E-state index contributed by atoms with van der Waals surface area (Å²) in [5.41, 5.74) is 2.09. The highest BCUT2D eigenvalue weighted by Crippen LogP contribution is 2.41. The molecule has 1 amide bonds. The molecule has 0 bridgehead atoms. The molecule has 2 aromatic heterocycles. The van der Waals surface area contributed by atoms with E-state index in [0.29, 0.717) is 17.5 Å². The Hall–Kier alpha value is -2.20. The SMILES string of the molecule is O=CC(NC(=O)c1ncc(-c2ccnc(C3CC3)c2)s1)C1CCCC[C@@H]1N1C[C@H](Cl)[C@H]2OCC(=O)[C@H]21. The van der Waals surface area contributed by atoms with Gasteiger partial charge in [0.25, 0.3) is 5.91 Å². The zero-order valence-corrected chi connectivity index (χ0v) is 21.4. The summed E-state index contributed by atoms with van der Waals surface area (Å²) in [6, 6.07) is 2.98. The number of likely N-dealkylation sites (tertiary alicyclic amines) is 1. The lowest BCUT2D eigenvalue weighted by Crippen LogP contribution is -2.55. The molecule has 0 radical (unpaired) electrons. The van der Waals surface area contributed by atoms with Crippen LogP contribution < -0.4 is 5.32 Å². The van der Waals surface area contributed by atoms with Crippen molar-refractivity contribution in [2.45, 2.75) is 74.0 Å². The van der Waals surface area contributed by atoms with E-state index in [1.165, 1.54) is 24.2 Å². The Morgan fingerprint density at radius 1 is 1.25 bits per heavy atom. The number of rotatable bonds is 7. The molecule has 2 aliphatic carbocycles. The third kappa shape index (κ3) is 4.51. The third-order valence-corrected chi connectivity index (χ3v) is 9.46. The van der Waals surface area contributed by atoms with Crippen molar-refractivity contribution in [1.29, 1.82) is 0 Å². The molecular weight excluding hydrogens is 500 g/mol. The predicted octanol–water partition coefficient (Wildman–Crippen LogP) is 3.20. The van der Waals surface area contributed by atoms with Gasteiger partial charge in [-0.3, -0.25) is 19.5 Å². The Morgan fingerprint density at radius 3 is 2.89 bits per heavy atom. The van der Waals surface area contributed by atoms with E-state index in [1.807, 2.05) is 12.3 Å². The van der Waals surface area contributed by atoms with Crippen molar-refractivity contribution in [3.8, 4) is 10.4 Å². The average Bonchev–Trinajstić information content (AvgIpc) is 3.35. The number of alkyl halides is 1. The second-order valence-electron chi connectivity index (χ2n) is 10.3. The molecule has 2 saturated heterocycles. The number of ketones is 1. The summed E-state index contributed by atoms with van der Waals surface area (Å²) in [5.74, 6) is 0.148. The van der Waals surface area contributed by atoms with Crippen LogP contribution in [0.5, 0.6) is 0 Å². The monoisotopic (exact) mass is 528 g/mol. The van der Waals surface area contributed by atoms with Crippen LogP contribution in [0.15, 0.2) is 24.5 Å². The number of halogens is 1. The van der Waals surface area contributed by atoms with Crippen molar-refractivity contribution >= 4 is 40.9 Å². The molecule has 10 heteroatoms. The normalized spacial score (nSPS) is 31.2. The Balaban J connectivity index is 1.18. The van der Waals surface area contributed by atoms with Crippen molar-refractivity contribution in [3.05, 3.63) is 35.2 Å². The third-order valence-electron chi connectivity index (χ3n) is 8.03. The first kappa shape index (κ1) is 24.2. The summed E-state index contributed by atoms with van der Waals surface area (Å²) >= 11 is 7.85. The largest absolute Gasteiger partial charge is 0.367 e. The standard InChI is InChI=1S/C26H29ClN4O4S/c27-17-11-31(23-21(33)13-35-24(17)23)20-4-2-1-3-16(20)19(12-32)30-25(34)26-29-10-22(36-26)15-7-8-28-18(9-15)14-5-6-14/h7-10,12,14,16-17,19-20,23-24H,1-6,11,13H2,(H,30,34)/t16?,17-,19?,20-,23+,24+/m0/s1. The quantitative estimate of drug-likeness (QED) is 0.435. The maximum atomic E-state index is 13.2. The lowest BCUT2D eigenvalue weighted by molar-refractivity contribution is -0.122. The van der Waals surface area contributed by atoms with E-state index in [4.69, 9.17) is 16.3 Å². The van der Waals surface area contributed by atoms with Crippen LogP contribution in [-0.2, 0) is 14.3 Å². The molecule has 2 saturated carbocycles. The number of hydrogen-bond donors (Lipinski definition) is 1. The lowest BCUT2D eigenvalue weighted by Gasteiger charge is -2.42. The fourth-order valence-corrected chi connectivity index (χ4v) is 7.30. The van der Waals surface area contributed by atoms with E-state index in [-0.39, 0.29) is 47.8 Å². The van der Waals surface area contributed by atoms with Gasteiger partial charge in [-0.2, -0.15) is 0 Å². The van der Waals surface area contributed by atoms with Crippen molar-refractivity contribution in [3.63, 3.8) is 0 Å². The molecule has 8 nitrogen and oxygen atoms in total. The number of nitrogens with one attached hydrogen (secondary N) is 1. The van der Waals surface area contributed by atoms with Gasteiger partial charge in [-0.25, -0.2) is 4.98 Å².